The molecule has 11 heteroatoms. The maximum atomic E-state index is 12.2. The third-order valence-corrected chi connectivity index (χ3v) is 6.29. The van der Waals surface area contributed by atoms with Gasteiger partial charge in [0.1, 0.15) is 5.75 Å². The monoisotopic (exact) mass is 498 g/mol. The summed E-state index contributed by atoms with van der Waals surface area (Å²) in [6, 6.07) is 6.81. The highest BCUT2D eigenvalue weighted by molar-refractivity contribution is 7.89. The van der Waals surface area contributed by atoms with Crippen molar-refractivity contribution in [2.75, 3.05) is 18.5 Å². The molecule has 0 bridgehead atoms. The molecule has 0 atom stereocenters. The fourth-order valence-electron chi connectivity index (χ4n) is 2.07. The van der Waals surface area contributed by atoms with Crippen molar-refractivity contribution < 1.29 is 17.9 Å². The maximum absolute atomic E-state index is 12.2. The Balaban J connectivity index is 2.02. The van der Waals surface area contributed by atoms with Crippen molar-refractivity contribution in [2.24, 2.45) is 5.92 Å². The molecule has 29 heavy (non-hydrogen) atoms. The fourth-order valence-corrected chi connectivity index (χ4v) is 4.21. The quantitative estimate of drug-likeness (QED) is 0.485. The lowest BCUT2D eigenvalue weighted by Crippen LogP contribution is -2.27. The van der Waals surface area contributed by atoms with Crippen LogP contribution in [0.3, 0.4) is 0 Å². The zero-order valence-electron chi connectivity index (χ0n) is 15.4. The lowest BCUT2D eigenvalue weighted by molar-refractivity contribution is -0.118. The summed E-state index contributed by atoms with van der Waals surface area (Å²) in [6.07, 6.45) is 0. The summed E-state index contributed by atoms with van der Waals surface area (Å²) in [7, 11) is -3.69. The molecule has 0 unspecified atom stereocenters. The number of carbonyl (C=O) groups is 1. The standard InChI is InChI=1S/C18H18Cl4N2O4S/c1-10(2)8-23-29(26,27)11-3-4-17(15(22)5-11)28-9-18(25)24-16-7-13(20)12(19)6-14(16)21/h3-7,10,23H,8-9H2,1-2H3,(H,24,25). The first-order valence-electron chi connectivity index (χ1n) is 8.36. The molecule has 2 rings (SSSR count). The summed E-state index contributed by atoms with van der Waals surface area (Å²) in [6.45, 7) is 3.70. The molecular formula is C18H18Cl4N2O4S. The summed E-state index contributed by atoms with van der Waals surface area (Å²) in [5, 5.41) is 3.31. The lowest BCUT2D eigenvalue weighted by Gasteiger charge is -2.12. The maximum Gasteiger partial charge on any atom is 0.262 e. The van der Waals surface area contributed by atoms with E-state index >= 15 is 0 Å². The number of nitrogens with one attached hydrogen (secondary N) is 2. The molecular weight excluding hydrogens is 482 g/mol. The smallest absolute Gasteiger partial charge is 0.262 e. The van der Waals surface area contributed by atoms with E-state index in [0.29, 0.717) is 6.54 Å². The minimum atomic E-state index is -3.69. The summed E-state index contributed by atoms with van der Waals surface area (Å²) < 4.78 is 32.3. The first kappa shape index (κ1) is 24.1. The van der Waals surface area contributed by atoms with Crippen molar-refractivity contribution in [1.82, 2.24) is 4.72 Å². The van der Waals surface area contributed by atoms with E-state index in [4.69, 9.17) is 51.1 Å². The molecule has 2 aromatic rings. The van der Waals surface area contributed by atoms with Gasteiger partial charge in [0.05, 0.1) is 30.7 Å². The fraction of sp³-hybridized carbons (Fsp3) is 0.278. The molecule has 0 radical (unpaired) electrons. The predicted molar refractivity (Wildman–Crippen MR) is 117 cm³/mol. The summed E-state index contributed by atoms with van der Waals surface area (Å²) in [4.78, 5) is 12.1. The van der Waals surface area contributed by atoms with Crippen LogP contribution in [-0.4, -0.2) is 27.5 Å². The second-order valence-corrected chi connectivity index (χ2v) is 9.82. The van der Waals surface area contributed by atoms with Crippen LogP contribution in [-0.2, 0) is 14.8 Å². The molecule has 0 fully saturated rings. The average Bonchev–Trinajstić information content (AvgIpc) is 2.63. The van der Waals surface area contributed by atoms with E-state index in [2.05, 4.69) is 10.0 Å². The van der Waals surface area contributed by atoms with Crippen molar-refractivity contribution in [2.45, 2.75) is 18.7 Å². The van der Waals surface area contributed by atoms with Crippen LogP contribution >= 0.6 is 46.4 Å². The van der Waals surface area contributed by atoms with Crippen LogP contribution in [0, 0.1) is 5.92 Å². The van der Waals surface area contributed by atoms with Crippen molar-refractivity contribution in [3.05, 3.63) is 50.4 Å². The molecule has 2 aromatic carbocycles. The first-order valence-corrected chi connectivity index (χ1v) is 11.4. The number of amides is 1. The van der Waals surface area contributed by atoms with Gasteiger partial charge in [0, 0.05) is 6.54 Å². The Kier molecular flexibility index (Phi) is 8.46. The zero-order valence-corrected chi connectivity index (χ0v) is 19.3. The Labute approximate surface area is 189 Å². The molecule has 0 aliphatic heterocycles. The van der Waals surface area contributed by atoms with E-state index in [0.717, 1.165) is 0 Å². The van der Waals surface area contributed by atoms with E-state index in [1.165, 1.54) is 30.3 Å². The molecule has 0 heterocycles. The average molecular weight is 500 g/mol. The molecule has 0 saturated heterocycles. The van der Waals surface area contributed by atoms with Gasteiger partial charge in [-0.05, 0) is 36.2 Å². The second kappa shape index (κ2) is 10.2. The van der Waals surface area contributed by atoms with Gasteiger partial charge in [-0.25, -0.2) is 13.1 Å². The van der Waals surface area contributed by atoms with Crippen molar-refractivity contribution in [1.29, 1.82) is 0 Å². The second-order valence-electron chi connectivity index (χ2n) is 6.42. The third-order valence-electron chi connectivity index (χ3n) is 3.54. The van der Waals surface area contributed by atoms with Crippen LogP contribution in [0.15, 0.2) is 35.2 Å². The number of halogens is 4. The van der Waals surface area contributed by atoms with Crippen molar-refractivity contribution in [3.8, 4) is 5.75 Å². The van der Waals surface area contributed by atoms with Gasteiger partial charge < -0.3 is 10.1 Å². The molecule has 0 aliphatic rings. The number of anilines is 1. The Morgan fingerprint density at radius 3 is 2.28 bits per heavy atom. The number of benzene rings is 2. The molecule has 0 saturated carbocycles. The summed E-state index contributed by atoms with van der Waals surface area (Å²) >= 11 is 23.9. The number of carbonyl (C=O) groups excluding carboxylic acids is 1. The Bertz CT molecular complexity index is 1010. The topological polar surface area (TPSA) is 84.5 Å². The minimum Gasteiger partial charge on any atom is -0.482 e. The number of hydrogen-bond acceptors (Lipinski definition) is 4. The van der Waals surface area contributed by atoms with E-state index in [-0.39, 0.29) is 48.9 Å². The zero-order chi connectivity index (χ0) is 21.8. The highest BCUT2D eigenvalue weighted by atomic mass is 35.5. The first-order chi connectivity index (χ1) is 13.5. The summed E-state index contributed by atoms with van der Waals surface area (Å²) in [5.41, 5.74) is 0.276. The molecule has 6 nitrogen and oxygen atoms in total. The normalized spacial score (nSPS) is 11.6. The van der Waals surface area contributed by atoms with Gasteiger partial charge in [0.2, 0.25) is 10.0 Å². The van der Waals surface area contributed by atoms with E-state index < -0.39 is 15.9 Å². The molecule has 2 N–H and O–H groups in total. The number of hydrogen-bond donors (Lipinski definition) is 2. The Hall–Kier alpha value is -1.22. The highest BCUT2D eigenvalue weighted by Gasteiger charge is 2.17. The van der Waals surface area contributed by atoms with Gasteiger partial charge in [-0.3, -0.25) is 4.79 Å². The number of ether oxygens (including phenoxy) is 1. The van der Waals surface area contributed by atoms with Gasteiger partial charge in [-0.15, -0.1) is 0 Å². The van der Waals surface area contributed by atoms with Gasteiger partial charge in [-0.2, -0.15) is 0 Å². The van der Waals surface area contributed by atoms with Crippen molar-refractivity contribution >= 4 is 68.0 Å². The van der Waals surface area contributed by atoms with Crippen LogP contribution in [0.2, 0.25) is 20.1 Å². The minimum absolute atomic E-state index is 0.00235. The third kappa shape index (κ3) is 6.91. The van der Waals surface area contributed by atoms with Gasteiger partial charge in [-0.1, -0.05) is 60.3 Å². The number of sulfonamides is 1. The van der Waals surface area contributed by atoms with E-state index in [1.807, 2.05) is 13.8 Å². The van der Waals surface area contributed by atoms with E-state index in [9.17, 15) is 13.2 Å². The highest BCUT2D eigenvalue weighted by Crippen LogP contribution is 2.32. The largest absolute Gasteiger partial charge is 0.482 e. The van der Waals surface area contributed by atoms with Crippen molar-refractivity contribution in [3.63, 3.8) is 0 Å². The number of rotatable bonds is 8. The Morgan fingerprint density at radius 2 is 1.66 bits per heavy atom. The van der Waals surface area contributed by atoms with Crippen LogP contribution in [0.25, 0.3) is 0 Å². The van der Waals surface area contributed by atoms with Gasteiger partial charge >= 0.3 is 0 Å². The van der Waals surface area contributed by atoms with Gasteiger partial charge in [0.15, 0.2) is 6.61 Å². The molecule has 0 aromatic heterocycles. The van der Waals surface area contributed by atoms with Crippen LogP contribution in [0.1, 0.15) is 13.8 Å². The molecule has 1 amide bonds. The molecule has 0 spiro atoms. The molecule has 0 aliphatic carbocycles. The molecule has 158 valence electrons. The van der Waals surface area contributed by atoms with Crippen LogP contribution in [0.5, 0.6) is 5.75 Å². The summed E-state index contributed by atoms with van der Waals surface area (Å²) in [5.74, 6) is -0.202. The lowest BCUT2D eigenvalue weighted by atomic mass is 10.2. The SMILES string of the molecule is CC(C)CNS(=O)(=O)c1ccc(OCC(=O)Nc2cc(Cl)c(Cl)cc2Cl)c(Cl)c1. The Morgan fingerprint density at radius 1 is 1.00 bits per heavy atom. The van der Waals surface area contributed by atoms with Crippen LogP contribution in [0.4, 0.5) is 5.69 Å². The van der Waals surface area contributed by atoms with E-state index in [1.54, 1.807) is 0 Å². The van der Waals surface area contributed by atoms with Gasteiger partial charge in [0.25, 0.3) is 5.91 Å². The predicted octanol–water partition coefficient (Wildman–Crippen LogP) is 5.25. The van der Waals surface area contributed by atoms with Crippen LogP contribution < -0.4 is 14.8 Å².